The summed E-state index contributed by atoms with van der Waals surface area (Å²) in [6, 6.07) is 0. The molecule has 0 aliphatic carbocycles. The summed E-state index contributed by atoms with van der Waals surface area (Å²) in [6.07, 6.45) is 2.36. The molecule has 1 N–H and O–H groups in total. The Labute approximate surface area is 61.9 Å². The van der Waals surface area contributed by atoms with Crippen LogP contribution >= 0.6 is 0 Å². The van der Waals surface area contributed by atoms with E-state index in [9.17, 15) is 0 Å². The third-order valence-corrected chi connectivity index (χ3v) is 1.25. The number of hydrogen-bond acceptors (Lipinski definition) is 3. The molecule has 0 aromatic carbocycles. The van der Waals surface area contributed by atoms with Crippen molar-refractivity contribution in [1.29, 1.82) is 0 Å². The lowest BCUT2D eigenvalue weighted by atomic mass is 10.4. The van der Waals surface area contributed by atoms with Crippen molar-refractivity contribution in [2.45, 2.75) is 39.4 Å². The van der Waals surface area contributed by atoms with Crippen molar-refractivity contribution < 1.29 is 14.9 Å². The summed E-state index contributed by atoms with van der Waals surface area (Å²) in [4.78, 5) is 4.02. The molecule has 0 amide bonds. The summed E-state index contributed by atoms with van der Waals surface area (Å²) in [7, 11) is 0. The molecule has 0 fully saturated rings. The Morgan fingerprint density at radius 2 is 2.10 bits per heavy atom. The van der Waals surface area contributed by atoms with Gasteiger partial charge in [-0.2, -0.15) is 0 Å². The van der Waals surface area contributed by atoms with Crippen LogP contribution in [0, 0.1) is 0 Å². The van der Waals surface area contributed by atoms with Crippen LogP contribution in [0.4, 0.5) is 0 Å². The number of unbranched alkanes of at least 4 members (excludes halogenated alkanes) is 1. The molecule has 0 rings (SSSR count). The van der Waals surface area contributed by atoms with E-state index < -0.39 is 6.29 Å². The molecule has 0 aromatic rings. The van der Waals surface area contributed by atoms with Gasteiger partial charge in [-0.15, -0.1) is 0 Å². The second kappa shape index (κ2) is 6.99. The summed E-state index contributed by atoms with van der Waals surface area (Å²) in [5.74, 6) is 0. The molecule has 0 bridgehead atoms. The van der Waals surface area contributed by atoms with E-state index in [0.29, 0.717) is 13.0 Å². The molecule has 0 aliphatic rings. The van der Waals surface area contributed by atoms with Crippen molar-refractivity contribution in [3.8, 4) is 0 Å². The summed E-state index contributed by atoms with van der Waals surface area (Å²) in [6.45, 7) is 4.65. The first-order valence-electron chi connectivity index (χ1n) is 3.77. The second-order valence-corrected chi connectivity index (χ2v) is 2.17. The fourth-order valence-electron chi connectivity index (χ4n) is 0.582. The average molecular weight is 148 g/mol. The Morgan fingerprint density at radius 1 is 1.40 bits per heavy atom. The third-order valence-electron chi connectivity index (χ3n) is 1.25. The lowest BCUT2D eigenvalue weighted by Crippen LogP contribution is -2.14. The minimum atomic E-state index is -0.438. The van der Waals surface area contributed by atoms with E-state index in [-0.39, 0.29) is 0 Å². The minimum Gasteiger partial charge on any atom is -0.350 e. The fraction of sp³-hybridized carbons (Fsp3) is 1.00. The summed E-state index contributed by atoms with van der Waals surface area (Å²) in [5, 5.41) is 8.20. The predicted molar refractivity (Wildman–Crippen MR) is 38.7 cm³/mol. The number of ether oxygens (including phenoxy) is 1. The van der Waals surface area contributed by atoms with Gasteiger partial charge >= 0.3 is 0 Å². The fourth-order valence-corrected chi connectivity index (χ4v) is 0.582. The number of hydrogen-bond donors (Lipinski definition) is 1. The molecule has 1 atom stereocenters. The molecular formula is C7H16O3. The van der Waals surface area contributed by atoms with Crippen LogP contribution in [0.25, 0.3) is 0 Å². The van der Waals surface area contributed by atoms with Gasteiger partial charge in [-0.1, -0.05) is 20.3 Å². The van der Waals surface area contributed by atoms with Gasteiger partial charge in [0.2, 0.25) is 0 Å². The highest BCUT2D eigenvalue weighted by molar-refractivity contribution is 4.37. The molecule has 0 spiro atoms. The monoisotopic (exact) mass is 148 g/mol. The quantitative estimate of drug-likeness (QED) is 0.271. The van der Waals surface area contributed by atoms with Crippen molar-refractivity contribution in [3.63, 3.8) is 0 Å². The highest BCUT2D eigenvalue weighted by atomic mass is 17.1. The van der Waals surface area contributed by atoms with Crippen LogP contribution < -0.4 is 0 Å². The van der Waals surface area contributed by atoms with Crippen molar-refractivity contribution in [2.24, 2.45) is 0 Å². The maximum atomic E-state index is 8.20. The van der Waals surface area contributed by atoms with Gasteiger partial charge in [0.1, 0.15) is 0 Å². The van der Waals surface area contributed by atoms with E-state index in [1.165, 1.54) is 0 Å². The Hall–Kier alpha value is -0.120. The van der Waals surface area contributed by atoms with Crippen LogP contribution in [0.5, 0.6) is 0 Å². The van der Waals surface area contributed by atoms with Crippen LogP contribution in [-0.2, 0) is 9.62 Å². The van der Waals surface area contributed by atoms with Gasteiger partial charge < -0.3 is 4.74 Å². The van der Waals surface area contributed by atoms with Crippen LogP contribution in [-0.4, -0.2) is 18.2 Å². The maximum absolute atomic E-state index is 8.20. The molecule has 10 heavy (non-hydrogen) atoms. The first kappa shape index (κ1) is 9.88. The second-order valence-electron chi connectivity index (χ2n) is 2.17. The zero-order chi connectivity index (χ0) is 7.82. The van der Waals surface area contributed by atoms with E-state index in [1.54, 1.807) is 0 Å². The SMILES string of the molecule is CCCCOC(CC)OO. The largest absolute Gasteiger partial charge is 0.350 e. The van der Waals surface area contributed by atoms with Crippen LogP contribution in [0.2, 0.25) is 0 Å². The molecular weight excluding hydrogens is 132 g/mol. The molecule has 3 nitrogen and oxygen atoms in total. The normalized spacial score (nSPS) is 13.5. The Balaban J connectivity index is 3.09. The van der Waals surface area contributed by atoms with Gasteiger partial charge in [-0.3, -0.25) is 0 Å². The van der Waals surface area contributed by atoms with Crippen molar-refractivity contribution in [2.75, 3.05) is 6.61 Å². The first-order chi connectivity index (χ1) is 4.85. The van der Waals surface area contributed by atoms with E-state index in [1.807, 2.05) is 6.92 Å². The average Bonchev–Trinajstić information content (AvgIpc) is 1.99. The molecule has 0 saturated heterocycles. The van der Waals surface area contributed by atoms with E-state index >= 15 is 0 Å². The maximum Gasteiger partial charge on any atom is 0.190 e. The molecule has 0 radical (unpaired) electrons. The lowest BCUT2D eigenvalue weighted by molar-refractivity contribution is -0.346. The van der Waals surface area contributed by atoms with Crippen molar-refractivity contribution >= 4 is 0 Å². The van der Waals surface area contributed by atoms with E-state index in [2.05, 4.69) is 11.8 Å². The molecule has 0 saturated carbocycles. The number of rotatable bonds is 6. The van der Waals surface area contributed by atoms with Gasteiger partial charge in [0, 0.05) is 6.61 Å². The minimum absolute atomic E-state index is 0.438. The first-order valence-corrected chi connectivity index (χ1v) is 3.77. The zero-order valence-corrected chi connectivity index (χ0v) is 6.67. The van der Waals surface area contributed by atoms with Crippen LogP contribution in [0.1, 0.15) is 33.1 Å². The molecule has 0 heterocycles. The molecule has 1 unspecified atom stereocenters. The highest BCUT2D eigenvalue weighted by Crippen LogP contribution is 1.99. The molecule has 62 valence electrons. The lowest BCUT2D eigenvalue weighted by Gasteiger charge is -2.10. The third kappa shape index (κ3) is 4.73. The predicted octanol–water partition coefficient (Wildman–Crippen LogP) is 2.03. The summed E-state index contributed by atoms with van der Waals surface area (Å²) >= 11 is 0. The van der Waals surface area contributed by atoms with Gasteiger partial charge in [-0.25, -0.2) is 10.1 Å². The summed E-state index contributed by atoms with van der Waals surface area (Å²) in [5.41, 5.74) is 0. The van der Waals surface area contributed by atoms with Crippen LogP contribution in [0.3, 0.4) is 0 Å². The highest BCUT2D eigenvalue weighted by Gasteiger charge is 2.03. The van der Waals surface area contributed by atoms with Crippen molar-refractivity contribution in [1.82, 2.24) is 0 Å². The van der Waals surface area contributed by atoms with E-state index in [0.717, 1.165) is 12.8 Å². The van der Waals surface area contributed by atoms with E-state index in [4.69, 9.17) is 9.99 Å². The topological polar surface area (TPSA) is 38.7 Å². The molecule has 0 aromatic heterocycles. The summed E-state index contributed by atoms with van der Waals surface area (Å²) < 4.78 is 5.11. The zero-order valence-electron chi connectivity index (χ0n) is 6.67. The molecule has 0 aliphatic heterocycles. The van der Waals surface area contributed by atoms with Crippen molar-refractivity contribution in [3.05, 3.63) is 0 Å². The Bertz CT molecular complexity index is 61.9. The Kier molecular flexibility index (Phi) is 6.91. The van der Waals surface area contributed by atoms with Gasteiger partial charge in [-0.05, 0) is 12.8 Å². The van der Waals surface area contributed by atoms with Gasteiger partial charge in [0.05, 0.1) is 0 Å². The smallest absolute Gasteiger partial charge is 0.190 e. The van der Waals surface area contributed by atoms with Gasteiger partial charge in [0.15, 0.2) is 6.29 Å². The molecule has 3 heteroatoms. The Morgan fingerprint density at radius 3 is 2.50 bits per heavy atom. The standard InChI is InChI=1S/C7H16O3/c1-3-5-6-9-7(4-2)10-8/h7-8H,3-6H2,1-2H3. The van der Waals surface area contributed by atoms with Gasteiger partial charge in [0.25, 0.3) is 0 Å². The van der Waals surface area contributed by atoms with Crippen LogP contribution in [0.15, 0.2) is 0 Å².